The van der Waals surface area contributed by atoms with Gasteiger partial charge in [-0.05, 0) is 36.4 Å². The normalized spacial score (nSPS) is 10.3. The summed E-state index contributed by atoms with van der Waals surface area (Å²) in [6.07, 6.45) is 0.146. The van der Waals surface area contributed by atoms with Gasteiger partial charge in [-0.3, -0.25) is 9.59 Å². The molecular weight excluding hydrogens is 422 g/mol. The second-order valence-corrected chi connectivity index (χ2v) is 8.18. The summed E-state index contributed by atoms with van der Waals surface area (Å²) in [5, 5.41) is 7.48. The van der Waals surface area contributed by atoms with Gasteiger partial charge in [-0.15, -0.1) is 11.3 Å². The molecule has 0 saturated carbocycles. The minimum absolute atomic E-state index is 0.129. The van der Waals surface area contributed by atoms with Gasteiger partial charge in [0, 0.05) is 11.1 Å². The number of nitrogens with zero attached hydrogens (tertiary/aromatic N) is 1. The molecule has 3 rings (SSSR count). The first kappa shape index (κ1) is 21.7. The van der Waals surface area contributed by atoms with Gasteiger partial charge in [-0.2, -0.15) is 0 Å². The summed E-state index contributed by atoms with van der Waals surface area (Å²) in [6, 6.07) is 14.4. The molecule has 0 atom stereocenters. The molecule has 0 aliphatic rings. The van der Waals surface area contributed by atoms with E-state index in [9.17, 15) is 9.59 Å². The number of hydrogen-bond acceptors (Lipinski definition) is 7. The molecule has 3 aromatic rings. The van der Waals surface area contributed by atoms with E-state index in [2.05, 4.69) is 15.6 Å². The van der Waals surface area contributed by atoms with E-state index in [-0.39, 0.29) is 24.0 Å². The Morgan fingerprint density at radius 2 is 1.77 bits per heavy atom. The summed E-state index contributed by atoms with van der Waals surface area (Å²) in [5.74, 6) is 1.25. The van der Waals surface area contributed by atoms with Crippen LogP contribution in [0.4, 0.5) is 11.4 Å². The van der Waals surface area contributed by atoms with Crippen LogP contribution in [-0.4, -0.2) is 36.8 Å². The number of thiazole rings is 1. The van der Waals surface area contributed by atoms with Gasteiger partial charge in [0.15, 0.2) is 4.34 Å². The van der Waals surface area contributed by atoms with Gasteiger partial charge >= 0.3 is 0 Å². The minimum Gasteiger partial charge on any atom is -0.497 e. The molecule has 9 heteroatoms. The van der Waals surface area contributed by atoms with Crippen LogP contribution in [-0.2, 0) is 16.0 Å². The number of aromatic nitrogens is 1. The topological polar surface area (TPSA) is 89.5 Å². The highest BCUT2D eigenvalue weighted by molar-refractivity contribution is 8.01. The highest BCUT2D eigenvalue weighted by Gasteiger charge is 2.12. The second-order valence-electron chi connectivity index (χ2n) is 6.10. The standard InChI is InChI=1S/C21H21N3O4S2/c1-27-16-9-7-14(8-10-16)22-20(26)13-30-21-23-15(12-29-21)11-19(25)24-17-5-3-4-6-18(17)28-2/h3-10,12H,11,13H2,1-2H3,(H,22,26)(H,24,25). The van der Waals surface area contributed by atoms with Gasteiger partial charge in [-0.25, -0.2) is 4.98 Å². The lowest BCUT2D eigenvalue weighted by atomic mass is 10.2. The van der Waals surface area contributed by atoms with Crippen molar-refractivity contribution in [2.24, 2.45) is 0 Å². The second kappa shape index (κ2) is 10.7. The van der Waals surface area contributed by atoms with Crippen LogP contribution in [0, 0.1) is 0 Å². The summed E-state index contributed by atoms with van der Waals surface area (Å²) in [4.78, 5) is 28.8. The lowest BCUT2D eigenvalue weighted by Crippen LogP contribution is -2.15. The van der Waals surface area contributed by atoms with E-state index in [0.29, 0.717) is 22.8 Å². The number of amides is 2. The molecule has 0 spiro atoms. The maximum Gasteiger partial charge on any atom is 0.234 e. The van der Waals surface area contributed by atoms with Crippen molar-refractivity contribution >= 4 is 46.3 Å². The number of anilines is 2. The van der Waals surface area contributed by atoms with Crippen molar-refractivity contribution in [3.05, 3.63) is 59.6 Å². The van der Waals surface area contributed by atoms with Crippen molar-refractivity contribution in [3.63, 3.8) is 0 Å². The van der Waals surface area contributed by atoms with Crippen LogP contribution in [0.1, 0.15) is 5.69 Å². The molecule has 7 nitrogen and oxygen atoms in total. The van der Waals surface area contributed by atoms with Gasteiger partial charge in [0.2, 0.25) is 11.8 Å². The van der Waals surface area contributed by atoms with E-state index < -0.39 is 0 Å². The zero-order valence-electron chi connectivity index (χ0n) is 16.5. The van der Waals surface area contributed by atoms with Crippen LogP contribution in [0.5, 0.6) is 11.5 Å². The zero-order chi connectivity index (χ0) is 21.3. The average molecular weight is 444 g/mol. The largest absolute Gasteiger partial charge is 0.497 e. The number of rotatable bonds is 9. The predicted molar refractivity (Wildman–Crippen MR) is 120 cm³/mol. The highest BCUT2D eigenvalue weighted by Crippen LogP contribution is 2.25. The number of para-hydroxylation sites is 2. The molecule has 30 heavy (non-hydrogen) atoms. The number of nitrogens with one attached hydrogen (secondary N) is 2. The Kier molecular flexibility index (Phi) is 7.69. The molecule has 0 bridgehead atoms. The molecule has 2 N–H and O–H groups in total. The lowest BCUT2D eigenvalue weighted by molar-refractivity contribution is -0.116. The monoisotopic (exact) mass is 443 g/mol. The Hall–Kier alpha value is -3.04. The number of carbonyl (C=O) groups excluding carboxylic acids is 2. The first-order chi connectivity index (χ1) is 14.6. The highest BCUT2D eigenvalue weighted by atomic mass is 32.2. The third-order valence-corrected chi connectivity index (χ3v) is 6.02. The molecule has 1 aromatic heterocycles. The molecule has 2 aromatic carbocycles. The fourth-order valence-corrected chi connectivity index (χ4v) is 4.19. The fraction of sp³-hybridized carbons (Fsp3) is 0.190. The van der Waals surface area contributed by atoms with Gasteiger partial charge in [0.05, 0.1) is 37.8 Å². The van der Waals surface area contributed by atoms with Crippen LogP contribution < -0.4 is 20.1 Å². The molecular formula is C21H21N3O4S2. The van der Waals surface area contributed by atoms with Crippen molar-refractivity contribution in [2.45, 2.75) is 10.8 Å². The molecule has 2 amide bonds. The van der Waals surface area contributed by atoms with Crippen LogP contribution in [0.25, 0.3) is 0 Å². The average Bonchev–Trinajstić information content (AvgIpc) is 3.20. The van der Waals surface area contributed by atoms with Gasteiger partial charge in [0.25, 0.3) is 0 Å². The van der Waals surface area contributed by atoms with Crippen molar-refractivity contribution in [1.29, 1.82) is 0 Å². The van der Waals surface area contributed by atoms with Gasteiger partial charge in [0.1, 0.15) is 11.5 Å². The van der Waals surface area contributed by atoms with E-state index in [1.165, 1.54) is 23.1 Å². The van der Waals surface area contributed by atoms with Crippen molar-refractivity contribution < 1.29 is 19.1 Å². The summed E-state index contributed by atoms with van der Waals surface area (Å²) in [7, 11) is 3.15. The number of benzene rings is 2. The number of thioether (sulfide) groups is 1. The predicted octanol–water partition coefficient (Wildman–Crippen LogP) is 4.07. The fourth-order valence-electron chi connectivity index (χ4n) is 2.54. The SMILES string of the molecule is COc1ccc(NC(=O)CSc2nc(CC(=O)Nc3ccccc3OC)cs2)cc1. The Morgan fingerprint density at radius 1 is 1.00 bits per heavy atom. The summed E-state index contributed by atoms with van der Waals surface area (Å²) >= 11 is 2.74. The first-order valence-electron chi connectivity index (χ1n) is 9.01. The molecule has 0 saturated heterocycles. The van der Waals surface area contributed by atoms with Crippen LogP contribution in [0.2, 0.25) is 0 Å². The number of hydrogen-bond donors (Lipinski definition) is 2. The Labute approximate surface area is 182 Å². The quantitative estimate of drug-likeness (QED) is 0.485. The van der Waals surface area contributed by atoms with Gasteiger partial charge < -0.3 is 20.1 Å². The summed E-state index contributed by atoms with van der Waals surface area (Å²) in [6.45, 7) is 0. The van der Waals surface area contributed by atoms with E-state index >= 15 is 0 Å². The molecule has 156 valence electrons. The van der Waals surface area contributed by atoms with Crippen molar-refractivity contribution in [1.82, 2.24) is 4.98 Å². The van der Waals surface area contributed by atoms with Crippen molar-refractivity contribution in [2.75, 3.05) is 30.6 Å². The summed E-state index contributed by atoms with van der Waals surface area (Å²) in [5.41, 5.74) is 1.98. The smallest absolute Gasteiger partial charge is 0.234 e. The van der Waals surface area contributed by atoms with E-state index in [1.54, 1.807) is 50.6 Å². The number of methoxy groups -OCH3 is 2. The number of carbonyl (C=O) groups is 2. The first-order valence-corrected chi connectivity index (χ1v) is 10.9. The Bertz CT molecular complexity index is 1010. The molecule has 0 aliphatic heterocycles. The zero-order valence-corrected chi connectivity index (χ0v) is 18.1. The van der Waals surface area contributed by atoms with Crippen molar-refractivity contribution in [3.8, 4) is 11.5 Å². The molecule has 0 radical (unpaired) electrons. The maximum atomic E-state index is 12.3. The third-order valence-electron chi connectivity index (χ3n) is 3.95. The molecule has 0 aliphatic carbocycles. The minimum atomic E-state index is -0.182. The molecule has 1 heterocycles. The number of ether oxygens (including phenoxy) is 2. The van der Waals surface area contributed by atoms with E-state index in [1.807, 2.05) is 17.5 Å². The van der Waals surface area contributed by atoms with Crippen LogP contribution in [0.15, 0.2) is 58.3 Å². The van der Waals surface area contributed by atoms with Crippen LogP contribution >= 0.6 is 23.1 Å². The Morgan fingerprint density at radius 3 is 2.50 bits per heavy atom. The van der Waals surface area contributed by atoms with E-state index in [0.717, 1.165) is 10.1 Å². The van der Waals surface area contributed by atoms with Crippen LogP contribution in [0.3, 0.4) is 0 Å². The third kappa shape index (κ3) is 6.23. The molecule has 0 unspecified atom stereocenters. The summed E-state index contributed by atoms with van der Waals surface area (Å²) < 4.78 is 11.1. The molecule has 0 fully saturated rings. The van der Waals surface area contributed by atoms with E-state index in [4.69, 9.17) is 9.47 Å². The Balaban J connectivity index is 1.47. The maximum absolute atomic E-state index is 12.3. The van der Waals surface area contributed by atoms with Gasteiger partial charge in [-0.1, -0.05) is 23.9 Å². The lowest BCUT2D eigenvalue weighted by Gasteiger charge is -2.09.